The number of hydrogen-bond acceptors (Lipinski definition) is 4. The molecule has 0 aliphatic carbocycles. The molecule has 0 unspecified atom stereocenters. The van der Waals surface area contributed by atoms with E-state index in [9.17, 15) is 4.79 Å². The number of rotatable bonds is 6. The first-order valence-electron chi connectivity index (χ1n) is 7.49. The standard InChI is InChI=1S/C19H18ClNO4/c1-23-16-10-9-14(20)13-15(16)19(22)21-11-5-6-12-25-18-8-4-3-7-17(18)24-2/h3-4,7-10,13H,11-12H2,1-2H3,(H,21,22). The first kappa shape index (κ1) is 18.5. The molecule has 0 saturated carbocycles. The van der Waals surface area contributed by atoms with Crippen molar-refractivity contribution < 1.29 is 19.0 Å². The maximum absolute atomic E-state index is 12.1. The highest BCUT2D eigenvalue weighted by atomic mass is 35.5. The highest BCUT2D eigenvalue weighted by molar-refractivity contribution is 6.31. The molecule has 0 spiro atoms. The molecule has 0 saturated heterocycles. The van der Waals surface area contributed by atoms with Gasteiger partial charge in [-0.2, -0.15) is 0 Å². The lowest BCUT2D eigenvalue weighted by atomic mass is 10.2. The third-order valence-corrected chi connectivity index (χ3v) is 3.47. The first-order chi connectivity index (χ1) is 12.2. The van der Waals surface area contributed by atoms with Crippen LogP contribution < -0.4 is 19.5 Å². The molecule has 0 radical (unpaired) electrons. The van der Waals surface area contributed by atoms with Gasteiger partial charge in [0.1, 0.15) is 12.4 Å². The molecule has 0 aromatic heterocycles. The molecule has 130 valence electrons. The molecule has 0 aliphatic heterocycles. The highest BCUT2D eigenvalue weighted by Gasteiger charge is 2.11. The summed E-state index contributed by atoms with van der Waals surface area (Å²) in [5.74, 6) is 7.07. The van der Waals surface area contributed by atoms with E-state index in [4.69, 9.17) is 25.8 Å². The van der Waals surface area contributed by atoms with Gasteiger partial charge in [-0.05, 0) is 30.3 Å². The van der Waals surface area contributed by atoms with Crippen LogP contribution in [-0.4, -0.2) is 33.3 Å². The van der Waals surface area contributed by atoms with Crippen molar-refractivity contribution in [2.75, 3.05) is 27.4 Å². The molecule has 25 heavy (non-hydrogen) atoms. The Balaban J connectivity index is 1.84. The van der Waals surface area contributed by atoms with Gasteiger partial charge in [0.25, 0.3) is 5.91 Å². The Hall–Kier alpha value is -2.84. The van der Waals surface area contributed by atoms with Crippen LogP contribution in [0, 0.1) is 11.8 Å². The molecule has 0 bridgehead atoms. The van der Waals surface area contributed by atoms with E-state index in [1.165, 1.54) is 7.11 Å². The molecule has 0 atom stereocenters. The van der Waals surface area contributed by atoms with Crippen LogP contribution in [-0.2, 0) is 0 Å². The van der Waals surface area contributed by atoms with Gasteiger partial charge in [-0.15, -0.1) is 0 Å². The smallest absolute Gasteiger partial charge is 0.255 e. The van der Waals surface area contributed by atoms with Gasteiger partial charge in [0.15, 0.2) is 11.5 Å². The number of amides is 1. The van der Waals surface area contributed by atoms with Crippen molar-refractivity contribution in [3.63, 3.8) is 0 Å². The minimum atomic E-state index is -0.306. The van der Waals surface area contributed by atoms with Gasteiger partial charge in [-0.25, -0.2) is 0 Å². The van der Waals surface area contributed by atoms with Crippen molar-refractivity contribution in [2.45, 2.75) is 0 Å². The monoisotopic (exact) mass is 359 g/mol. The maximum Gasteiger partial charge on any atom is 0.255 e. The first-order valence-corrected chi connectivity index (χ1v) is 7.86. The number of ether oxygens (including phenoxy) is 3. The number of methoxy groups -OCH3 is 2. The van der Waals surface area contributed by atoms with E-state index in [-0.39, 0.29) is 19.1 Å². The van der Waals surface area contributed by atoms with Crippen LogP contribution in [0.2, 0.25) is 5.02 Å². The second-order valence-electron chi connectivity index (χ2n) is 4.82. The second-order valence-corrected chi connectivity index (χ2v) is 5.26. The molecule has 0 fully saturated rings. The minimum absolute atomic E-state index is 0.184. The van der Waals surface area contributed by atoms with Crippen molar-refractivity contribution in [3.8, 4) is 29.1 Å². The third-order valence-electron chi connectivity index (χ3n) is 3.24. The summed E-state index contributed by atoms with van der Waals surface area (Å²) in [4.78, 5) is 12.1. The van der Waals surface area contributed by atoms with Gasteiger partial charge in [0.05, 0.1) is 26.3 Å². The van der Waals surface area contributed by atoms with E-state index in [2.05, 4.69) is 17.2 Å². The number of para-hydroxylation sites is 2. The zero-order valence-corrected chi connectivity index (χ0v) is 14.7. The fourth-order valence-electron chi connectivity index (χ4n) is 2.04. The van der Waals surface area contributed by atoms with Gasteiger partial charge >= 0.3 is 0 Å². The lowest BCUT2D eigenvalue weighted by Gasteiger charge is -2.08. The molecule has 0 heterocycles. The summed E-state index contributed by atoms with van der Waals surface area (Å²) in [5, 5.41) is 3.15. The molecule has 2 aromatic carbocycles. The molecule has 6 heteroatoms. The van der Waals surface area contributed by atoms with E-state index in [0.29, 0.717) is 27.8 Å². The Kier molecular flexibility index (Phi) is 7.00. The van der Waals surface area contributed by atoms with Crippen molar-refractivity contribution in [1.82, 2.24) is 5.32 Å². The molecule has 1 amide bonds. The fraction of sp³-hybridized carbons (Fsp3) is 0.211. The summed E-state index contributed by atoms with van der Waals surface area (Å²) in [6.45, 7) is 0.376. The van der Waals surface area contributed by atoms with Crippen LogP contribution in [0.25, 0.3) is 0 Å². The Bertz CT molecular complexity index is 795. The van der Waals surface area contributed by atoms with E-state index in [0.717, 1.165) is 0 Å². The average Bonchev–Trinajstić information content (AvgIpc) is 2.64. The molecular weight excluding hydrogens is 342 g/mol. The van der Waals surface area contributed by atoms with E-state index in [1.807, 2.05) is 12.1 Å². The summed E-state index contributed by atoms with van der Waals surface area (Å²) in [6, 6.07) is 12.2. The maximum atomic E-state index is 12.1. The predicted octanol–water partition coefficient (Wildman–Crippen LogP) is 3.17. The van der Waals surface area contributed by atoms with Crippen LogP contribution in [0.1, 0.15) is 10.4 Å². The van der Waals surface area contributed by atoms with Crippen molar-refractivity contribution in [3.05, 3.63) is 53.1 Å². The Labute approximate surface area is 151 Å². The number of halogens is 1. The van der Waals surface area contributed by atoms with Crippen LogP contribution >= 0.6 is 11.6 Å². The number of carbonyl (C=O) groups is 1. The molecular formula is C19H18ClNO4. The largest absolute Gasteiger partial charge is 0.496 e. The van der Waals surface area contributed by atoms with Gasteiger partial charge in [-0.1, -0.05) is 35.6 Å². The van der Waals surface area contributed by atoms with Gasteiger partial charge in [0, 0.05) is 5.02 Å². The second kappa shape index (κ2) is 9.45. The Morgan fingerprint density at radius 2 is 1.76 bits per heavy atom. The quantitative estimate of drug-likeness (QED) is 0.805. The zero-order chi connectivity index (χ0) is 18.1. The van der Waals surface area contributed by atoms with Crippen molar-refractivity contribution in [2.24, 2.45) is 0 Å². The summed E-state index contributed by atoms with van der Waals surface area (Å²) in [7, 11) is 3.07. The van der Waals surface area contributed by atoms with Gasteiger partial charge < -0.3 is 19.5 Å². The summed E-state index contributed by atoms with van der Waals surface area (Å²) in [6.07, 6.45) is 0. The van der Waals surface area contributed by atoms with E-state index < -0.39 is 0 Å². The van der Waals surface area contributed by atoms with Crippen LogP contribution in [0.4, 0.5) is 0 Å². The third kappa shape index (κ3) is 5.33. The summed E-state index contributed by atoms with van der Waals surface area (Å²) in [5.41, 5.74) is 0.363. The Morgan fingerprint density at radius 3 is 2.48 bits per heavy atom. The molecule has 5 nitrogen and oxygen atoms in total. The van der Waals surface area contributed by atoms with Crippen LogP contribution in [0.15, 0.2) is 42.5 Å². The summed E-state index contributed by atoms with van der Waals surface area (Å²) < 4.78 is 15.9. The van der Waals surface area contributed by atoms with Crippen LogP contribution in [0.3, 0.4) is 0 Å². The zero-order valence-electron chi connectivity index (χ0n) is 14.0. The molecule has 1 N–H and O–H groups in total. The van der Waals surface area contributed by atoms with Gasteiger partial charge in [0.2, 0.25) is 0 Å². The molecule has 2 rings (SSSR count). The topological polar surface area (TPSA) is 56.8 Å². The fourth-order valence-corrected chi connectivity index (χ4v) is 2.21. The Morgan fingerprint density at radius 1 is 1.04 bits per heavy atom. The molecule has 2 aromatic rings. The lowest BCUT2D eigenvalue weighted by molar-refractivity contribution is 0.0955. The molecule has 0 aliphatic rings. The lowest BCUT2D eigenvalue weighted by Crippen LogP contribution is -2.24. The predicted molar refractivity (Wildman–Crippen MR) is 96.6 cm³/mol. The number of nitrogens with one attached hydrogen (secondary N) is 1. The van der Waals surface area contributed by atoms with E-state index in [1.54, 1.807) is 37.4 Å². The normalized spacial score (nSPS) is 9.56. The average molecular weight is 360 g/mol. The number of benzene rings is 2. The minimum Gasteiger partial charge on any atom is -0.496 e. The summed E-state index contributed by atoms with van der Waals surface area (Å²) >= 11 is 5.91. The van der Waals surface area contributed by atoms with Crippen molar-refractivity contribution >= 4 is 17.5 Å². The number of carbonyl (C=O) groups excluding carboxylic acids is 1. The SMILES string of the molecule is COc1ccccc1OCC#CCNC(=O)c1cc(Cl)ccc1OC. The highest BCUT2D eigenvalue weighted by Crippen LogP contribution is 2.25. The van der Waals surface area contributed by atoms with Crippen LogP contribution in [0.5, 0.6) is 17.2 Å². The number of hydrogen-bond donors (Lipinski definition) is 1. The van der Waals surface area contributed by atoms with Crippen molar-refractivity contribution in [1.29, 1.82) is 0 Å². The van der Waals surface area contributed by atoms with E-state index >= 15 is 0 Å². The van der Waals surface area contributed by atoms with Gasteiger partial charge in [-0.3, -0.25) is 4.79 Å².